The number of carbonyl (C=O) groups is 4. The standard InChI is InChI=1S/C18H20N2O6/c21-5-3-19-15(23)11-7-1-2-8(12(11)16(19)24)10-9(7)13-14(10)18(26)20(4-6-22)17(13)25/h1-2,7-14,21-22H,3-6H2/t7-,8+,9-,10-,11+,12-,13-,14-/m0/s1. The van der Waals surface area contributed by atoms with Gasteiger partial charge in [-0.15, -0.1) is 0 Å². The Bertz CT molecular complexity index is 707. The molecule has 8 atom stereocenters. The van der Waals surface area contributed by atoms with Crippen LogP contribution in [0.15, 0.2) is 12.2 Å². The first-order chi connectivity index (χ1) is 12.5. The van der Waals surface area contributed by atoms with E-state index in [1.165, 1.54) is 0 Å². The fourth-order valence-corrected chi connectivity index (χ4v) is 6.37. The number of aliphatic hydroxyl groups is 2. The first-order valence-electron chi connectivity index (χ1n) is 9.13. The van der Waals surface area contributed by atoms with Gasteiger partial charge in [0, 0.05) is 0 Å². The highest BCUT2D eigenvalue weighted by Gasteiger charge is 2.74. The highest BCUT2D eigenvalue weighted by molar-refractivity contribution is 6.09. The molecule has 6 rings (SSSR count). The zero-order chi connectivity index (χ0) is 18.3. The van der Waals surface area contributed by atoms with Crippen LogP contribution in [0.2, 0.25) is 0 Å². The molecule has 0 unspecified atom stereocenters. The van der Waals surface area contributed by atoms with E-state index in [2.05, 4.69) is 0 Å². The lowest BCUT2D eigenvalue weighted by Crippen LogP contribution is -2.63. The highest BCUT2D eigenvalue weighted by Crippen LogP contribution is 2.68. The molecule has 2 heterocycles. The second-order valence-corrected chi connectivity index (χ2v) is 7.90. The van der Waals surface area contributed by atoms with Crippen LogP contribution in [0.4, 0.5) is 0 Å². The summed E-state index contributed by atoms with van der Waals surface area (Å²) in [4.78, 5) is 53.2. The van der Waals surface area contributed by atoms with Gasteiger partial charge in [-0.05, 0) is 23.7 Å². The van der Waals surface area contributed by atoms with Crippen LogP contribution in [0.1, 0.15) is 0 Å². The Morgan fingerprint density at radius 3 is 1.35 bits per heavy atom. The molecule has 26 heavy (non-hydrogen) atoms. The molecule has 0 aromatic rings. The molecule has 4 fully saturated rings. The Hall–Kier alpha value is -2.06. The fourth-order valence-electron chi connectivity index (χ4n) is 6.37. The van der Waals surface area contributed by atoms with Crippen LogP contribution in [0, 0.1) is 47.3 Å². The third-order valence-corrected chi connectivity index (χ3v) is 7.17. The SMILES string of the molecule is O=C1[C@@H]2[C@H]3C=C[C@@H]([C@@H]2C(=O)N1CCO)[C@@H]1[C@@H]2C(=O)N(CCO)C(=O)[C@H]2[C@@H]31. The molecular formula is C18H20N2O6. The Morgan fingerprint density at radius 2 is 1.00 bits per heavy atom. The van der Waals surface area contributed by atoms with E-state index >= 15 is 0 Å². The molecule has 2 bridgehead atoms. The van der Waals surface area contributed by atoms with E-state index in [1.54, 1.807) is 0 Å². The lowest BCUT2D eigenvalue weighted by atomic mass is 9.40. The summed E-state index contributed by atoms with van der Waals surface area (Å²) in [5.74, 6) is -3.51. The smallest absolute Gasteiger partial charge is 0.233 e. The van der Waals surface area contributed by atoms with Gasteiger partial charge in [-0.2, -0.15) is 0 Å². The third-order valence-electron chi connectivity index (χ3n) is 7.17. The lowest BCUT2D eigenvalue weighted by molar-refractivity contribution is -0.166. The van der Waals surface area contributed by atoms with E-state index in [0.717, 1.165) is 9.80 Å². The van der Waals surface area contributed by atoms with Crippen LogP contribution in [0.5, 0.6) is 0 Å². The summed E-state index contributed by atoms with van der Waals surface area (Å²) >= 11 is 0. The number of aliphatic hydroxyl groups excluding tert-OH is 2. The van der Waals surface area contributed by atoms with Gasteiger partial charge in [-0.3, -0.25) is 29.0 Å². The average molecular weight is 360 g/mol. The number of likely N-dealkylation sites (tertiary alicyclic amines) is 2. The second-order valence-electron chi connectivity index (χ2n) is 7.90. The number of β-amino-alcohol motifs (C(OH)–C–C–N with tert-alkyl or cyclic N) is 2. The molecule has 2 saturated carbocycles. The van der Waals surface area contributed by atoms with Crippen molar-refractivity contribution < 1.29 is 29.4 Å². The van der Waals surface area contributed by atoms with E-state index in [9.17, 15) is 19.2 Å². The number of nitrogens with zero attached hydrogens (tertiary/aromatic N) is 2. The quantitative estimate of drug-likeness (QED) is 0.453. The number of hydrogen-bond acceptors (Lipinski definition) is 6. The van der Waals surface area contributed by atoms with Gasteiger partial charge in [0.2, 0.25) is 23.6 Å². The lowest BCUT2D eigenvalue weighted by Gasteiger charge is -2.60. The van der Waals surface area contributed by atoms with Crippen molar-refractivity contribution in [3.05, 3.63) is 12.2 Å². The molecule has 6 aliphatic rings. The normalized spacial score (nSPS) is 45.2. The van der Waals surface area contributed by atoms with Crippen LogP contribution >= 0.6 is 0 Å². The molecule has 0 aromatic heterocycles. The Balaban J connectivity index is 1.51. The maximum absolute atomic E-state index is 12.8. The number of hydrogen-bond donors (Lipinski definition) is 2. The van der Waals surface area contributed by atoms with Gasteiger partial charge in [0.15, 0.2) is 0 Å². The molecule has 2 saturated heterocycles. The summed E-state index contributed by atoms with van der Waals surface area (Å²) in [6.07, 6.45) is 3.90. The van der Waals surface area contributed by atoms with E-state index in [1.807, 2.05) is 12.2 Å². The van der Waals surface area contributed by atoms with Gasteiger partial charge >= 0.3 is 0 Å². The number of amides is 4. The van der Waals surface area contributed by atoms with Gasteiger partial charge in [-0.25, -0.2) is 0 Å². The van der Waals surface area contributed by atoms with Crippen molar-refractivity contribution in [1.82, 2.24) is 9.80 Å². The van der Waals surface area contributed by atoms with Gasteiger partial charge in [0.25, 0.3) is 0 Å². The molecule has 8 heteroatoms. The number of rotatable bonds is 4. The minimum atomic E-state index is -0.485. The monoisotopic (exact) mass is 360 g/mol. The molecule has 2 N–H and O–H groups in total. The summed E-state index contributed by atoms with van der Waals surface area (Å²) in [6, 6.07) is 0. The zero-order valence-corrected chi connectivity index (χ0v) is 14.0. The van der Waals surface area contributed by atoms with Gasteiger partial charge in [0.1, 0.15) is 0 Å². The van der Waals surface area contributed by atoms with Crippen molar-refractivity contribution in [2.24, 2.45) is 47.3 Å². The topological polar surface area (TPSA) is 115 Å². The minimum Gasteiger partial charge on any atom is -0.395 e. The van der Waals surface area contributed by atoms with Crippen molar-refractivity contribution in [1.29, 1.82) is 0 Å². The van der Waals surface area contributed by atoms with Crippen LogP contribution in [0.25, 0.3) is 0 Å². The minimum absolute atomic E-state index is 0.00185. The molecule has 2 aliphatic heterocycles. The first-order valence-corrected chi connectivity index (χ1v) is 9.13. The first kappa shape index (κ1) is 16.1. The van der Waals surface area contributed by atoms with Crippen LogP contribution in [0.3, 0.4) is 0 Å². The van der Waals surface area contributed by atoms with Gasteiger partial charge in [0.05, 0.1) is 50.0 Å². The van der Waals surface area contributed by atoms with Gasteiger partial charge in [-0.1, -0.05) is 12.2 Å². The third kappa shape index (κ3) is 1.63. The second kappa shape index (κ2) is 5.23. The highest BCUT2D eigenvalue weighted by atomic mass is 16.3. The van der Waals surface area contributed by atoms with E-state index in [4.69, 9.17) is 10.2 Å². The molecule has 4 aliphatic carbocycles. The molecule has 138 valence electrons. The maximum atomic E-state index is 12.8. The van der Waals surface area contributed by atoms with E-state index < -0.39 is 23.7 Å². The molecular weight excluding hydrogens is 340 g/mol. The molecule has 0 aromatic carbocycles. The largest absolute Gasteiger partial charge is 0.395 e. The van der Waals surface area contributed by atoms with Crippen LogP contribution < -0.4 is 0 Å². The van der Waals surface area contributed by atoms with Crippen molar-refractivity contribution in [3.63, 3.8) is 0 Å². The maximum Gasteiger partial charge on any atom is 0.233 e. The van der Waals surface area contributed by atoms with E-state index in [0.29, 0.717) is 0 Å². The average Bonchev–Trinajstić information content (AvgIpc) is 2.97. The van der Waals surface area contributed by atoms with Crippen LogP contribution in [-0.2, 0) is 19.2 Å². The summed E-state index contributed by atoms with van der Waals surface area (Å²) in [5, 5.41) is 18.3. The Morgan fingerprint density at radius 1 is 0.654 bits per heavy atom. The summed E-state index contributed by atoms with van der Waals surface area (Å²) in [7, 11) is 0. The fraction of sp³-hybridized carbons (Fsp3) is 0.667. The van der Waals surface area contributed by atoms with Crippen molar-refractivity contribution in [2.75, 3.05) is 26.3 Å². The molecule has 0 radical (unpaired) electrons. The van der Waals surface area contributed by atoms with Gasteiger partial charge < -0.3 is 10.2 Å². The van der Waals surface area contributed by atoms with Crippen LogP contribution in [-0.4, -0.2) is 69.9 Å². The molecule has 0 spiro atoms. The summed E-state index contributed by atoms with van der Waals surface area (Å²) < 4.78 is 0. The van der Waals surface area contributed by atoms with Crippen molar-refractivity contribution >= 4 is 23.6 Å². The summed E-state index contributed by atoms with van der Waals surface area (Å²) in [6.45, 7) is -0.545. The predicted octanol–water partition coefficient (Wildman–Crippen LogP) is -1.76. The molecule has 8 nitrogen and oxygen atoms in total. The zero-order valence-electron chi connectivity index (χ0n) is 14.0. The van der Waals surface area contributed by atoms with Crippen molar-refractivity contribution in [2.45, 2.75) is 0 Å². The number of fused-ring (bicyclic) bond motifs is 1. The van der Waals surface area contributed by atoms with Crippen molar-refractivity contribution in [3.8, 4) is 0 Å². The Kier molecular flexibility index (Phi) is 3.25. The summed E-state index contributed by atoms with van der Waals surface area (Å²) in [5.41, 5.74) is 0. The van der Waals surface area contributed by atoms with E-state index in [-0.39, 0.29) is 73.6 Å². The number of allylic oxidation sites excluding steroid dienone is 2. The number of carbonyl (C=O) groups excluding carboxylic acids is 4. The Labute approximate surface area is 149 Å². The molecule has 4 amide bonds. The number of imide groups is 2. The predicted molar refractivity (Wildman–Crippen MR) is 84.7 cm³/mol.